The first-order valence-corrected chi connectivity index (χ1v) is 6.99. The minimum atomic E-state index is -0.804. The van der Waals surface area contributed by atoms with Crippen LogP contribution in [0.1, 0.15) is 6.92 Å². The largest absolute Gasteiger partial charge is 0.390 e. The quantitative estimate of drug-likeness (QED) is 0.686. The van der Waals surface area contributed by atoms with Gasteiger partial charge in [0.15, 0.2) is 0 Å². The molecule has 3 unspecified atom stereocenters. The molecule has 0 aromatic carbocycles. The first kappa shape index (κ1) is 13.3. The highest BCUT2D eigenvalue weighted by Crippen LogP contribution is 1.92. The predicted octanol–water partition coefficient (Wildman–Crippen LogP) is -0.399. The number of rotatable bonds is 7. The molecule has 0 aliphatic rings. The van der Waals surface area contributed by atoms with E-state index in [4.69, 9.17) is 0 Å². The van der Waals surface area contributed by atoms with Gasteiger partial charge in [0, 0.05) is 47.8 Å². The third kappa shape index (κ3) is 5.39. The summed E-state index contributed by atoms with van der Waals surface area (Å²) in [7, 11) is -0.804. The van der Waals surface area contributed by atoms with E-state index in [1.165, 1.54) is 0 Å². The predicted molar refractivity (Wildman–Crippen MR) is 64.6 cm³/mol. The van der Waals surface area contributed by atoms with E-state index in [-0.39, 0.29) is 6.04 Å². The zero-order valence-electron chi connectivity index (χ0n) is 9.67. The standard InChI is InChI=1S/C10H19N3O2S/c1-9(8-16(2)15)11-6-10(14)7-13-5-3-4-12-13/h3-5,9-11,14H,6-8H2,1-2H3. The highest BCUT2D eigenvalue weighted by Gasteiger charge is 2.08. The van der Waals surface area contributed by atoms with Crippen molar-refractivity contribution in [3.05, 3.63) is 18.5 Å². The maximum atomic E-state index is 10.9. The van der Waals surface area contributed by atoms with Gasteiger partial charge in [0.25, 0.3) is 0 Å². The molecular weight excluding hydrogens is 226 g/mol. The van der Waals surface area contributed by atoms with E-state index >= 15 is 0 Å². The van der Waals surface area contributed by atoms with Crippen molar-refractivity contribution in [2.45, 2.75) is 25.6 Å². The molecule has 0 radical (unpaired) electrons. The fourth-order valence-electron chi connectivity index (χ4n) is 1.44. The van der Waals surface area contributed by atoms with Crippen LogP contribution in [0, 0.1) is 0 Å². The maximum absolute atomic E-state index is 10.9. The van der Waals surface area contributed by atoms with E-state index in [0.717, 1.165) is 0 Å². The number of aromatic nitrogens is 2. The van der Waals surface area contributed by atoms with Gasteiger partial charge in [0.2, 0.25) is 0 Å². The van der Waals surface area contributed by atoms with Crippen LogP contribution in [0.25, 0.3) is 0 Å². The van der Waals surface area contributed by atoms with Crippen molar-refractivity contribution in [1.82, 2.24) is 15.1 Å². The molecule has 92 valence electrons. The zero-order valence-corrected chi connectivity index (χ0v) is 10.5. The lowest BCUT2D eigenvalue weighted by molar-refractivity contribution is 0.144. The van der Waals surface area contributed by atoms with Crippen LogP contribution < -0.4 is 5.32 Å². The van der Waals surface area contributed by atoms with Crippen molar-refractivity contribution in [3.63, 3.8) is 0 Å². The lowest BCUT2D eigenvalue weighted by Crippen LogP contribution is -2.38. The Bertz CT molecular complexity index is 316. The second-order valence-electron chi connectivity index (χ2n) is 3.93. The van der Waals surface area contributed by atoms with Crippen LogP contribution in [-0.2, 0) is 17.3 Å². The minimum Gasteiger partial charge on any atom is -0.390 e. The molecule has 0 aliphatic heterocycles. The molecule has 1 aromatic rings. The molecule has 6 heteroatoms. The number of nitrogens with one attached hydrogen (secondary N) is 1. The van der Waals surface area contributed by atoms with Gasteiger partial charge in [-0.2, -0.15) is 5.10 Å². The second-order valence-corrected chi connectivity index (χ2v) is 5.41. The van der Waals surface area contributed by atoms with Crippen molar-refractivity contribution in [2.75, 3.05) is 18.6 Å². The summed E-state index contributed by atoms with van der Waals surface area (Å²) in [5.41, 5.74) is 0. The van der Waals surface area contributed by atoms with Crippen molar-refractivity contribution >= 4 is 10.8 Å². The zero-order chi connectivity index (χ0) is 12.0. The number of hydrogen-bond donors (Lipinski definition) is 2. The first-order chi connectivity index (χ1) is 7.58. The van der Waals surface area contributed by atoms with Crippen LogP contribution in [-0.4, -0.2) is 49.8 Å². The average molecular weight is 245 g/mol. The van der Waals surface area contributed by atoms with E-state index in [1.807, 2.05) is 19.2 Å². The van der Waals surface area contributed by atoms with Crippen molar-refractivity contribution in [2.24, 2.45) is 0 Å². The van der Waals surface area contributed by atoms with Crippen LogP contribution in [0.2, 0.25) is 0 Å². The average Bonchev–Trinajstić information content (AvgIpc) is 2.66. The summed E-state index contributed by atoms with van der Waals surface area (Å²) in [6.45, 7) is 2.92. The topological polar surface area (TPSA) is 67.2 Å². The summed E-state index contributed by atoms with van der Waals surface area (Å²) in [6, 6.07) is 1.97. The van der Waals surface area contributed by atoms with Gasteiger partial charge in [-0.05, 0) is 13.0 Å². The number of hydrogen-bond acceptors (Lipinski definition) is 4. The Morgan fingerprint density at radius 1 is 1.62 bits per heavy atom. The molecule has 0 amide bonds. The monoisotopic (exact) mass is 245 g/mol. The molecule has 0 spiro atoms. The highest BCUT2D eigenvalue weighted by molar-refractivity contribution is 7.84. The molecule has 0 bridgehead atoms. The number of aliphatic hydroxyl groups excluding tert-OH is 1. The van der Waals surface area contributed by atoms with Gasteiger partial charge in [-0.3, -0.25) is 8.89 Å². The molecule has 1 heterocycles. The fourth-order valence-corrected chi connectivity index (χ4v) is 2.26. The molecule has 0 saturated carbocycles. The van der Waals surface area contributed by atoms with Crippen LogP contribution in [0.15, 0.2) is 18.5 Å². The summed E-state index contributed by atoms with van der Waals surface area (Å²) in [6.07, 6.45) is 4.70. The summed E-state index contributed by atoms with van der Waals surface area (Å²) >= 11 is 0. The molecule has 0 saturated heterocycles. The van der Waals surface area contributed by atoms with Gasteiger partial charge in [-0.1, -0.05) is 0 Å². The SMILES string of the molecule is CC(CS(C)=O)NCC(O)Cn1cccn1. The maximum Gasteiger partial charge on any atom is 0.0860 e. The van der Waals surface area contributed by atoms with E-state index in [0.29, 0.717) is 18.8 Å². The third-order valence-electron chi connectivity index (χ3n) is 2.14. The van der Waals surface area contributed by atoms with Gasteiger partial charge < -0.3 is 10.4 Å². The lowest BCUT2D eigenvalue weighted by atomic mass is 10.3. The van der Waals surface area contributed by atoms with Crippen LogP contribution >= 0.6 is 0 Å². The molecule has 2 N–H and O–H groups in total. The second kappa shape index (κ2) is 6.78. The Morgan fingerprint density at radius 3 is 2.94 bits per heavy atom. The smallest absolute Gasteiger partial charge is 0.0860 e. The molecular formula is C10H19N3O2S. The molecule has 0 aliphatic carbocycles. The van der Waals surface area contributed by atoms with E-state index in [1.54, 1.807) is 17.1 Å². The Hall–Kier alpha value is -0.720. The summed E-state index contributed by atoms with van der Waals surface area (Å²) < 4.78 is 12.6. The molecule has 5 nitrogen and oxygen atoms in total. The molecule has 0 fully saturated rings. The van der Waals surface area contributed by atoms with Crippen molar-refractivity contribution < 1.29 is 9.32 Å². The Labute approximate surface area is 98.3 Å². The number of nitrogens with zero attached hydrogens (tertiary/aromatic N) is 2. The Balaban J connectivity index is 2.19. The molecule has 3 atom stereocenters. The summed E-state index contributed by atoms with van der Waals surface area (Å²) in [5, 5.41) is 16.9. The Morgan fingerprint density at radius 2 is 2.38 bits per heavy atom. The first-order valence-electron chi connectivity index (χ1n) is 5.27. The molecule has 1 rings (SSSR count). The van der Waals surface area contributed by atoms with Gasteiger partial charge in [-0.15, -0.1) is 0 Å². The summed E-state index contributed by atoms with van der Waals surface area (Å²) in [5.74, 6) is 0.606. The fraction of sp³-hybridized carbons (Fsp3) is 0.700. The normalized spacial score (nSPS) is 16.9. The van der Waals surface area contributed by atoms with E-state index in [2.05, 4.69) is 10.4 Å². The van der Waals surface area contributed by atoms with Gasteiger partial charge >= 0.3 is 0 Å². The Kier molecular flexibility index (Phi) is 5.65. The lowest BCUT2D eigenvalue weighted by Gasteiger charge is -2.16. The minimum absolute atomic E-state index is 0.151. The van der Waals surface area contributed by atoms with Crippen molar-refractivity contribution in [1.29, 1.82) is 0 Å². The van der Waals surface area contributed by atoms with Gasteiger partial charge in [0.05, 0.1) is 12.6 Å². The summed E-state index contributed by atoms with van der Waals surface area (Å²) in [4.78, 5) is 0. The van der Waals surface area contributed by atoms with Gasteiger partial charge in [0.1, 0.15) is 0 Å². The van der Waals surface area contributed by atoms with Crippen LogP contribution in [0.3, 0.4) is 0 Å². The molecule has 1 aromatic heterocycles. The molecule has 16 heavy (non-hydrogen) atoms. The third-order valence-corrected chi connectivity index (χ3v) is 3.11. The van der Waals surface area contributed by atoms with E-state index in [9.17, 15) is 9.32 Å². The van der Waals surface area contributed by atoms with Crippen LogP contribution in [0.5, 0.6) is 0 Å². The van der Waals surface area contributed by atoms with E-state index < -0.39 is 16.9 Å². The van der Waals surface area contributed by atoms with Gasteiger partial charge in [-0.25, -0.2) is 0 Å². The number of aliphatic hydroxyl groups is 1. The van der Waals surface area contributed by atoms with Crippen LogP contribution in [0.4, 0.5) is 0 Å². The van der Waals surface area contributed by atoms with Crippen molar-refractivity contribution in [3.8, 4) is 0 Å². The highest BCUT2D eigenvalue weighted by atomic mass is 32.2.